The Bertz CT molecular complexity index is 695. The summed E-state index contributed by atoms with van der Waals surface area (Å²) in [6, 6.07) is 4.43. The summed E-state index contributed by atoms with van der Waals surface area (Å²) in [5.41, 5.74) is -1.65. The lowest BCUT2D eigenvalue weighted by Gasteiger charge is -2.12. The van der Waals surface area contributed by atoms with Crippen molar-refractivity contribution in [1.82, 2.24) is 5.32 Å². The summed E-state index contributed by atoms with van der Waals surface area (Å²) in [4.78, 5) is 23.3. The summed E-state index contributed by atoms with van der Waals surface area (Å²) >= 11 is 0. The highest BCUT2D eigenvalue weighted by Gasteiger charge is 2.38. The Hall–Kier alpha value is -2.56. The lowest BCUT2D eigenvalue weighted by Crippen LogP contribution is -2.29. The molecule has 1 aromatic carbocycles. The Labute approximate surface area is 136 Å². The molecule has 2 amide bonds. The second kappa shape index (κ2) is 6.91. The maximum atomic E-state index is 12.8. The third-order valence-corrected chi connectivity index (χ3v) is 3.83. The Morgan fingerprint density at radius 2 is 2.04 bits per heavy atom. The average Bonchev–Trinajstić information content (AvgIpc) is 3.23. The van der Waals surface area contributed by atoms with Crippen LogP contribution in [0.3, 0.4) is 0 Å². The van der Waals surface area contributed by atoms with E-state index in [4.69, 9.17) is 5.26 Å². The van der Waals surface area contributed by atoms with Gasteiger partial charge in [0.05, 0.1) is 17.2 Å². The molecule has 1 fully saturated rings. The first kappa shape index (κ1) is 17.8. The van der Waals surface area contributed by atoms with Crippen molar-refractivity contribution in [2.24, 2.45) is 11.8 Å². The molecule has 1 aromatic rings. The van der Waals surface area contributed by atoms with Gasteiger partial charge in [0, 0.05) is 24.6 Å². The number of alkyl halides is 3. The van der Waals surface area contributed by atoms with E-state index < -0.39 is 23.2 Å². The second-order valence-electron chi connectivity index (χ2n) is 5.78. The summed E-state index contributed by atoms with van der Waals surface area (Å²) in [6.45, 7) is 2.08. The van der Waals surface area contributed by atoms with Gasteiger partial charge in [-0.05, 0) is 30.5 Å². The minimum atomic E-state index is -4.68. The molecule has 0 aromatic heterocycles. The largest absolute Gasteiger partial charge is 0.417 e. The monoisotopic (exact) mass is 339 g/mol. The number of nitriles is 1. The zero-order valence-corrected chi connectivity index (χ0v) is 12.9. The Balaban J connectivity index is 1.89. The lowest BCUT2D eigenvalue weighted by molar-refractivity contribution is -0.137. The number of carbonyl (C=O) groups is 2. The number of hydrogen-bond donors (Lipinski definition) is 2. The molecule has 0 radical (unpaired) electrons. The molecule has 0 heterocycles. The molecule has 2 rings (SSSR count). The highest BCUT2D eigenvalue weighted by Crippen LogP contribution is 2.37. The lowest BCUT2D eigenvalue weighted by atomic mass is 10.1. The van der Waals surface area contributed by atoms with Crippen LogP contribution >= 0.6 is 0 Å². The van der Waals surface area contributed by atoms with Gasteiger partial charge in [-0.2, -0.15) is 18.4 Å². The first-order valence-electron chi connectivity index (χ1n) is 7.41. The first-order chi connectivity index (χ1) is 11.2. The van der Waals surface area contributed by atoms with Crippen LogP contribution in [-0.4, -0.2) is 18.4 Å². The van der Waals surface area contributed by atoms with Gasteiger partial charge in [-0.3, -0.25) is 9.59 Å². The number of nitrogens with zero attached hydrogens (tertiary/aromatic N) is 1. The minimum absolute atomic E-state index is 0.000862. The molecule has 1 aliphatic carbocycles. The number of amides is 2. The van der Waals surface area contributed by atoms with Gasteiger partial charge in [-0.15, -0.1) is 0 Å². The SMILES string of the molecule is C[C@@H]1C[C@H]1C(=O)NCCC(=O)Nc1ccc(C#N)c(C(F)(F)F)c1. The molecule has 128 valence electrons. The molecular weight excluding hydrogens is 323 g/mol. The van der Waals surface area contributed by atoms with Crippen LogP contribution in [0.4, 0.5) is 18.9 Å². The molecule has 8 heteroatoms. The van der Waals surface area contributed by atoms with Crippen molar-refractivity contribution in [2.45, 2.75) is 25.9 Å². The van der Waals surface area contributed by atoms with Gasteiger partial charge >= 0.3 is 6.18 Å². The molecule has 5 nitrogen and oxygen atoms in total. The summed E-state index contributed by atoms with van der Waals surface area (Å²) in [6.07, 6.45) is -3.89. The number of carbonyl (C=O) groups excluding carboxylic acids is 2. The molecule has 0 spiro atoms. The summed E-state index contributed by atoms with van der Waals surface area (Å²) in [7, 11) is 0. The number of hydrogen-bond acceptors (Lipinski definition) is 3. The Morgan fingerprint density at radius 1 is 1.38 bits per heavy atom. The van der Waals surface area contributed by atoms with Crippen molar-refractivity contribution in [3.8, 4) is 6.07 Å². The van der Waals surface area contributed by atoms with Gasteiger partial charge in [0.1, 0.15) is 0 Å². The highest BCUT2D eigenvalue weighted by atomic mass is 19.4. The molecule has 0 saturated heterocycles. The van der Waals surface area contributed by atoms with Crippen LogP contribution in [0.1, 0.15) is 30.9 Å². The molecular formula is C16H16F3N3O2. The van der Waals surface area contributed by atoms with E-state index in [1.807, 2.05) is 6.92 Å². The van der Waals surface area contributed by atoms with Crippen LogP contribution in [0.2, 0.25) is 0 Å². The maximum Gasteiger partial charge on any atom is 0.417 e. The number of rotatable bonds is 5. The van der Waals surface area contributed by atoms with E-state index in [-0.39, 0.29) is 30.5 Å². The third kappa shape index (κ3) is 4.47. The Morgan fingerprint density at radius 3 is 2.58 bits per heavy atom. The van der Waals surface area contributed by atoms with Crippen molar-refractivity contribution < 1.29 is 22.8 Å². The number of nitrogens with one attached hydrogen (secondary N) is 2. The molecule has 1 saturated carbocycles. The normalized spacial score (nSPS) is 19.3. The summed E-state index contributed by atoms with van der Waals surface area (Å²) < 4.78 is 38.5. The molecule has 2 N–H and O–H groups in total. The molecule has 2 atom stereocenters. The summed E-state index contributed by atoms with van der Waals surface area (Å²) in [5.74, 6) is -0.260. The van der Waals surface area contributed by atoms with Crippen molar-refractivity contribution in [3.63, 3.8) is 0 Å². The van der Waals surface area contributed by atoms with E-state index in [0.29, 0.717) is 5.92 Å². The molecule has 0 unspecified atom stereocenters. The molecule has 0 aliphatic heterocycles. The van der Waals surface area contributed by atoms with Crippen LogP contribution in [0.15, 0.2) is 18.2 Å². The van der Waals surface area contributed by atoms with Crippen LogP contribution in [0.25, 0.3) is 0 Å². The minimum Gasteiger partial charge on any atom is -0.355 e. The van der Waals surface area contributed by atoms with Gasteiger partial charge in [-0.1, -0.05) is 6.92 Å². The molecule has 1 aliphatic rings. The molecule has 24 heavy (non-hydrogen) atoms. The topological polar surface area (TPSA) is 82.0 Å². The van der Waals surface area contributed by atoms with Gasteiger partial charge in [-0.25, -0.2) is 0 Å². The third-order valence-electron chi connectivity index (χ3n) is 3.83. The maximum absolute atomic E-state index is 12.8. The van der Waals surface area contributed by atoms with E-state index in [2.05, 4.69) is 10.6 Å². The second-order valence-corrected chi connectivity index (χ2v) is 5.78. The fourth-order valence-electron chi connectivity index (χ4n) is 2.30. The predicted octanol–water partition coefficient (Wildman–Crippen LogP) is 2.68. The van der Waals surface area contributed by atoms with Gasteiger partial charge in [0.25, 0.3) is 0 Å². The smallest absolute Gasteiger partial charge is 0.355 e. The van der Waals surface area contributed by atoms with Crippen molar-refractivity contribution in [3.05, 3.63) is 29.3 Å². The van der Waals surface area contributed by atoms with Crippen LogP contribution < -0.4 is 10.6 Å². The van der Waals surface area contributed by atoms with E-state index in [1.54, 1.807) is 0 Å². The Kier molecular flexibility index (Phi) is 5.12. The first-order valence-corrected chi connectivity index (χ1v) is 7.41. The quantitative estimate of drug-likeness (QED) is 0.865. The molecule has 0 bridgehead atoms. The number of halogens is 3. The standard InChI is InChI=1S/C16H16F3N3O2/c1-9-6-12(9)15(24)21-5-4-14(23)22-11-3-2-10(8-20)13(7-11)16(17,18)19/h2-3,7,9,12H,4-6H2,1H3,(H,21,24)(H,22,23)/t9-,12-/m1/s1. The van der Waals surface area contributed by atoms with Crippen molar-refractivity contribution in [2.75, 3.05) is 11.9 Å². The summed E-state index contributed by atoms with van der Waals surface area (Å²) in [5, 5.41) is 13.7. The fourth-order valence-corrected chi connectivity index (χ4v) is 2.30. The van der Waals surface area contributed by atoms with E-state index in [0.717, 1.165) is 18.6 Å². The van der Waals surface area contributed by atoms with Gasteiger partial charge in [0.15, 0.2) is 0 Å². The van der Waals surface area contributed by atoms with Gasteiger partial charge < -0.3 is 10.6 Å². The van der Waals surface area contributed by atoms with E-state index >= 15 is 0 Å². The number of anilines is 1. The van der Waals surface area contributed by atoms with Crippen LogP contribution in [-0.2, 0) is 15.8 Å². The number of benzene rings is 1. The fraction of sp³-hybridized carbons (Fsp3) is 0.438. The van der Waals surface area contributed by atoms with E-state index in [1.165, 1.54) is 12.1 Å². The highest BCUT2D eigenvalue weighted by molar-refractivity contribution is 5.91. The van der Waals surface area contributed by atoms with Crippen LogP contribution in [0.5, 0.6) is 0 Å². The van der Waals surface area contributed by atoms with Crippen LogP contribution in [0, 0.1) is 23.2 Å². The van der Waals surface area contributed by atoms with Crippen molar-refractivity contribution in [1.29, 1.82) is 5.26 Å². The van der Waals surface area contributed by atoms with E-state index in [9.17, 15) is 22.8 Å². The van der Waals surface area contributed by atoms with Crippen molar-refractivity contribution >= 4 is 17.5 Å². The predicted molar refractivity (Wildman–Crippen MR) is 79.7 cm³/mol. The van der Waals surface area contributed by atoms with Gasteiger partial charge in [0.2, 0.25) is 11.8 Å². The average molecular weight is 339 g/mol. The zero-order chi connectivity index (χ0) is 17.9. The zero-order valence-electron chi connectivity index (χ0n) is 12.9.